The molecule has 7 nitrogen and oxygen atoms in total. The summed E-state index contributed by atoms with van der Waals surface area (Å²) in [6.07, 6.45) is -0.285. The average Bonchev–Trinajstić information content (AvgIpc) is 2.37. The Balaban J connectivity index is 2.30. The van der Waals surface area contributed by atoms with Gasteiger partial charge >= 0.3 is 6.09 Å². The summed E-state index contributed by atoms with van der Waals surface area (Å²) in [5.41, 5.74) is -0.483. The van der Waals surface area contributed by atoms with Crippen molar-refractivity contribution in [3.63, 3.8) is 0 Å². The normalized spacial score (nSPS) is 17.8. The van der Waals surface area contributed by atoms with Crippen molar-refractivity contribution < 1.29 is 17.9 Å². The Morgan fingerprint density at radius 1 is 1.18 bits per heavy atom. The Morgan fingerprint density at radius 3 is 2.18 bits per heavy atom. The topological polar surface area (TPSA) is 79.0 Å². The van der Waals surface area contributed by atoms with Crippen molar-refractivity contribution in [1.82, 2.24) is 14.5 Å². The lowest BCUT2D eigenvalue weighted by Gasteiger charge is -2.35. The largest absolute Gasteiger partial charge is 0.444 e. The molecule has 0 aromatic carbocycles. The quantitative estimate of drug-likeness (QED) is 0.806. The van der Waals surface area contributed by atoms with Crippen LogP contribution in [0.4, 0.5) is 4.79 Å². The summed E-state index contributed by atoms with van der Waals surface area (Å²) in [4.78, 5) is 15.8. The monoisotopic (exact) mass is 335 g/mol. The highest BCUT2D eigenvalue weighted by molar-refractivity contribution is 7.90. The number of piperazine rings is 1. The Labute approximate surface area is 134 Å². The Hall–Kier alpha value is -0.860. The third kappa shape index (κ3) is 6.50. The molecule has 1 fully saturated rings. The lowest BCUT2D eigenvalue weighted by atomic mass is 10.2. The lowest BCUT2D eigenvalue weighted by Crippen LogP contribution is -2.51. The molecular formula is C14H29N3O4S. The van der Waals surface area contributed by atoms with Crippen LogP contribution in [0.2, 0.25) is 0 Å². The fraction of sp³-hybridized carbons (Fsp3) is 0.929. The summed E-state index contributed by atoms with van der Waals surface area (Å²) in [6.45, 7) is 12.6. The molecule has 0 atom stereocenters. The van der Waals surface area contributed by atoms with Crippen molar-refractivity contribution in [3.8, 4) is 0 Å². The number of nitrogens with one attached hydrogen (secondary N) is 1. The molecule has 1 saturated heterocycles. The van der Waals surface area contributed by atoms with Crippen LogP contribution in [0.25, 0.3) is 0 Å². The molecule has 8 heteroatoms. The van der Waals surface area contributed by atoms with Crippen LogP contribution in [0.1, 0.15) is 34.6 Å². The van der Waals surface area contributed by atoms with Crippen LogP contribution in [0.15, 0.2) is 0 Å². The zero-order chi connectivity index (χ0) is 17.0. The summed E-state index contributed by atoms with van der Waals surface area (Å²) < 4.78 is 31.2. The van der Waals surface area contributed by atoms with Crippen molar-refractivity contribution in [2.45, 2.75) is 45.5 Å². The molecule has 1 heterocycles. The van der Waals surface area contributed by atoms with E-state index in [9.17, 15) is 13.2 Å². The highest BCUT2D eigenvalue weighted by Gasteiger charge is 2.25. The molecule has 1 rings (SSSR count). The standard InChI is InChI=1S/C14H29N3O4S/c1-12(2)22(19,20)15-6-7-16-8-10-17(11-9-16)13(18)21-14(3,4)5/h12,15H,6-11H2,1-5H3. The van der Waals surface area contributed by atoms with Gasteiger partial charge in [-0.05, 0) is 34.6 Å². The van der Waals surface area contributed by atoms with Crippen molar-refractivity contribution >= 4 is 16.1 Å². The molecule has 1 aliphatic rings. The minimum atomic E-state index is -3.20. The van der Waals surface area contributed by atoms with Gasteiger partial charge in [0.1, 0.15) is 5.60 Å². The minimum Gasteiger partial charge on any atom is -0.444 e. The maximum Gasteiger partial charge on any atom is 0.410 e. The molecule has 0 saturated carbocycles. The van der Waals surface area contributed by atoms with E-state index >= 15 is 0 Å². The third-order valence-corrected chi connectivity index (χ3v) is 5.22. The van der Waals surface area contributed by atoms with E-state index in [0.717, 1.165) is 13.1 Å². The fourth-order valence-electron chi connectivity index (χ4n) is 1.99. The predicted molar refractivity (Wildman–Crippen MR) is 86.3 cm³/mol. The van der Waals surface area contributed by atoms with Gasteiger partial charge in [0.15, 0.2) is 0 Å². The molecular weight excluding hydrogens is 306 g/mol. The van der Waals surface area contributed by atoms with Crippen LogP contribution >= 0.6 is 0 Å². The molecule has 0 aromatic heterocycles. The zero-order valence-electron chi connectivity index (χ0n) is 14.3. The maximum absolute atomic E-state index is 11.9. The first-order chi connectivity index (χ1) is 10.0. The number of nitrogens with zero attached hydrogens (tertiary/aromatic N) is 2. The molecule has 1 N–H and O–H groups in total. The molecule has 0 spiro atoms. The van der Waals surface area contributed by atoms with Crippen molar-refractivity contribution in [2.24, 2.45) is 0 Å². The first-order valence-corrected chi connectivity index (χ1v) is 9.24. The van der Waals surface area contributed by atoms with Crippen LogP contribution in [0, 0.1) is 0 Å². The van der Waals surface area contributed by atoms with E-state index in [4.69, 9.17) is 4.74 Å². The van der Waals surface area contributed by atoms with Crippen LogP contribution in [0.3, 0.4) is 0 Å². The van der Waals surface area contributed by atoms with E-state index in [1.54, 1.807) is 18.7 Å². The number of amides is 1. The summed E-state index contributed by atoms with van der Waals surface area (Å²) in [5.74, 6) is 0. The van der Waals surface area contributed by atoms with Gasteiger partial charge in [0.2, 0.25) is 10.0 Å². The first kappa shape index (κ1) is 19.2. The van der Waals surface area contributed by atoms with Gasteiger partial charge in [0.05, 0.1) is 5.25 Å². The average molecular weight is 335 g/mol. The van der Waals surface area contributed by atoms with Crippen LogP contribution in [-0.4, -0.2) is 74.4 Å². The summed E-state index contributed by atoms with van der Waals surface area (Å²) in [7, 11) is -3.20. The molecule has 0 unspecified atom stereocenters. The van der Waals surface area contributed by atoms with E-state index in [-0.39, 0.29) is 6.09 Å². The van der Waals surface area contributed by atoms with Gasteiger partial charge in [-0.2, -0.15) is 0 Å². The number of ether oxygens (including phenoxy) is 1. The second-order valence-corrected chi connectivity index (χ2v) is 9.12. The Kier molecular flexibility index (Phi) is 6.64. The Bertz CT molecular complexity index is 463. The lowest BCUT2D eigenvalue weighted by molar-refractivity contribution is 0.0147. The molecule has 1 aliphatic heterocycles. The fourth-order valence-corrected chi connectivity index (χ4v) is 2.70. The number of hydrogen-bond donors (Lipinski definition) is 1. The first-order valence-electron chi connectivity index (χ1n) is 7.70. The molecule has 22 heavy (non-hydrogen) atoms. The van der Waals surface area contributed by atoms with Gasteiger partial charge in [-0.25, -0.2) is 17.9 Å². The van der Waals surface area contributed by atoms with Gasteiger partial charge < -0.3 is 9.64 Å². The zero-order valence-corrected chi connectivity index (χ0v) is 15.1. The molecule has 0 aliphatic carbocycles. The van der Waals surface area contributed by atoms with Gasteiger partial charge in [-0.1, -0.05) is 0 Å². The van der Waals surface area contributed by atoms with E-state index in [2.05, 4.69) is 9.62 Å². The van der Waals surface area contributed by atoms with Crippen LogP contribution < -0.4 is 4.72 Å². The Morgan fingerprint density at radius 2 is 1.73 bits per heavy atom. The number of sulfonamides is 1. The smallest absolute Gasteiger partial charge is 0.410 e. The molecule has 0 aromatic rings. The second-order valence-electron chi connectivity index (χ2n) is 6.80. The van der Waals surface area contributed by atoms with E-state index in [1.807, 2.05) is 20.8 Å². The minimum absolute atomic E-state index is 0.285. The molecule has 0 bridgehead atoms. The van der Waals surface area contributed by atoms with Crippen molar-refractivity contribution in [2.75, 3.05) is 39.3 Å². The van der Waals surface area contributed by atoms with E-state index in [0.29, 0.717) is 26.2 Å². The molecule has 1 amide bonds. The highest BCUT2D eigenvalue weighted by atomic mass is 32.2. The SMILES string of the molecule is CC(C)S(=O)(=O)NCCN1CCN(C(=O)OC(C)(C)C)CC1. The van der Waals surface area contributed by atoms with E-state index < -0.39 is 20.9 Å². The van der Waals surface area contributed by atoms with Crippen molar-refractivity contribution in [3.05, 3.63) is 0 Å². The highest BCUT2D eigenvalue weighted by Crippen LogP contribution is 2.11. The van der Waals surface area contributed by atoms with Gasteiger partial charge in [0.25, 0.3) is 0 Å². The third-order valence-electron chi connectivity index (χ3n) is 3.38. The number of rotatable bonds is 5. The molecule has 130 valence electrons. The number of carbonyl (C=O) groups is 1. The maximum atomic E-state index is 11.9. The predicted octanol–water partition coefficient (Wildman–Crippen LogP) is 0.867. The molecule has 0 radical (unpaired) electrons. The van der Waals surface area contributed by atoms with Gasteiger partial charge in [-0.15, -0.1) is 0 Å². The van der Waals surface area contributed by atoms with Crippen molar-refractivity contribution in [1.29, 1.82) is 0 Å². The van der Waals surface area contributed by atoms with Crippen LogP contribution in [-0.2, 0) is 14.8 Å². The number of carbonyl (C=O) groups excluding carboxylic acids is 1. The van der Waals surface area contributed by atoms with Gasteiger partial charge in [-0.3, -0.25) is 4.90 Å². The summed E-state index contributed by atoms with van der Waals surface area (Å²) in [6, 6.07) is 0. The van der Waals surface area contributed by atoms with Gasteiger partial charge in [0, 0.05) is 39.3 Å². The summed E-state index contributed by atoms with van der Waals surface area (Å²) in [5, 5.41) is -0.420. The second kappa shape index (κ2) is 7.61. The number of hydrogen-bond acceptors (Lipinski definition) is 5. The van der Waals surface area contributed by atoms with Crippen LogP contribution in [0.5, 0.6) is 0 Å². The van der Waals surface area contributed by atoms with E-state index in [1.165, 1.54) is 0 Å². The summed E-state index contributed by atoms with van der Waals surface area (Å²) >= 11 is 0.